The minimum Gasteiger partial charge on any atom is -0.478 e. The fourth-order valence-electron chi connectivity index (χ4n) is 0.647. The summed E-state index contributed by atoms with van der Waals surface area (Å²) in [5.74, 6) is 0.645. The number of nitriles is 1. The largest absolute Gasteiger partial charge is 0.478 e. The van der Waals surface area contributed by atoms with E-state index >= 15 is 0 Å². The second-order valence-corrected chi connectivity index (χ2v) is 1.70. The molecule has 11 heavy (non-hydrogen) atoms. The Morgan fingerprint density at radius 2 is 2.64 bits per heavy atom. The summed E-state index contributed by atoms with van der Waals surface area (Å²) in [5, 5.41) is 8.21. The van der Waals surface area contributed by atoms with Gasteiger partial charge in [-0.05, 0) is 12.1 Å². The van der Waals surface area contributed by atoms with Crippen LogP contribution >= 0.6 is 0 Å². The second-order valence-electron chi connectivity index (χ2n) is 1.70. The highest BCUT2D eigenvalue weighted by Gasteiger charge is 2.04. The zero-order valence-corrected chi connectivity index (χ0v) is 5.94. The minimum absolute atomic E-state index is 0.192. The Morgan fingerprint density at radius 1 is 1.82 bits per heavy atom. The quantitative estimate of drug-likeness (QED) is 0.343. The number of methoxy groups -OCH3 is 1. The first-order valence-electron chi connectivity index (χ1n) is 2.93. The molecule has 0 aromatic carbocycles. The van der Waals surface area contributed by atoms with Crippen molar-refractivity contribution in [3.63, 3.8) is 0 Å². The van der Waals surface area contributed by atoms with Crippen molar-refractivity contribution < 1.29 is 9.15 Å². The molecule has 0 aliphatic rings. The van der Waals surface area contributed by atoms with Crippen LogP contribution in [-0.4, -0.2) is 13.0 Å². The molecule has 0 saturated carbocycles. The van der Waals surface area contributed by atoms with E-state index in [1.54, 1.807) is 18.3 Å². The van der Waals surface area contributed by atoms with Crippen molar-refractivity contribution in [2.45, 2.75) is 0 Å². The molecule has 1 heterocycles. The van der Waals surface area contributed by atoms with Gasteiger partial charge in [-0.15, -0.1) is 4.99 Å². The van der Waals surface area contributed by atoms with Gasteiger partial charge in [-0.2, -0.15) is 5.26 Å². The van der Waals surface area contributed by atoms with Crippen LogP contribution < -0.4 is 0 Å². The summed E-state index contributed by atoms with van der Waals surface area (Å²) in [5.41, 5.74) is 0. The molecule has 0 spiro atoms. The predicted octanol–water partition coefficient (Wildman–Crippen LogP) is 1.15. The van der Waals surface area contributed by atoms with Crippen LogP contribution in [0.4, 0.5) is 0 Å². The molecule has 0 aliphatic carbocycles. The first-order chi connectivity index (χ1) is 5.38. The molecule has 0 amide bonds. The van der Waals surface area contributed by atoms with Crippen LogP contribution in [0.2, 0.25) is 0 Å². The third-order valence-electron chi connectivity index (χ3n) is 1.08. The number of ether oxygens (including phenoxy) is 1. The maximum Gasteiger partial charge on any atom is 0.267 e. The van der Waals surface area contributed by atoms with Gasteiger partial charge >= 0.3 is 0 Å². The van der Waals surface area contributed by atoms with E-state index in [4.69, 9.17) is 14.4 Å². The van der Waals surface area contributed by atoms with E-state index in [0.717, 1.165) is 0 Å². The Labute approximate surface area is 63.7 Å². The smallest absolute Gasteiger partial charge is 0.267 e. The van der Waals surface area contributed by atoms with Crippen LogP contribution in [0.1, 0.15) is 5.76 Å². The highest BCUT2D eigenvalue weighted by molar-refractivity contribution is 5.91. The van der Waals surface area contributed by atoms with Crippen LogP contribution in [-0.2, 0) is 4.74 Å². The summed E-state index contributed by atoms with van der Waals surface area (Å²) in [6, 6.07) is 3.36. The van der Waals surface area contributed by atoms with E-state index in [1.165, 1.54) is 13.4 Å². The van der Waals surface area contributed by atoms with Gasteiger partial charge in [0.25, 0.3) is 5.90 Å². The van der Waals surface area contributed by atoms with Crippen molar-refractivity contribution in [2.24, 2.45) is 4.99 Å². The normalized spacial score (nSPS) is 10.7. The van der Waals surface area contributed by atoms with Gasteiger partial charge in [-0.3, -0.25) is 0 Å². The van der Waals surface area contributed by atoms with Gasteiger partial charge in [-0.1, -0.05) is 0 Å². The van der Waals surface area contributed by atoms with Gasteiger partial charge in [0.05, 0.1) is 13.4 Å². The van der Waals surface area contributed by atoms with Gasteiger partial charge in [0.1, 0.15) is 0 Å². The number of hydrogen-bond donors (Lipinski definition) is 0. The van der Waals surface area contributed by atoms with Gasteiger partial charge in [-0.25, -0.2) is 0 Å². The number of rotatable bonds is 1. The molecule has 0 unspecified atom stereocenters. The monoisotopic (exact) mass is 150 g/mol. The number of nitrogens with zero attached hydrogens (tertiary/aromatic N) is 2. The van der Waals surface area contributed by atoms with Crippen LogP contribution in [0, 0.1) is 11.5 Å². The highest BCUT2D eigenvalue weighted by atomic mass is 16.5. The lowest BCUT2D eigenvalue weighted by molar-refractivity contribution is 0.388. The Balaban J connectivity index is 2.91. The maximum absolute atomic E-state index is 8.21. The van der Waals surface area contributed by atoms with Crippen LogP contribution in [0.5, 0.6) is 0 Å². The lowest BCUT2D eigenvalue weighted by Crippen LogP contribution is -2.00. The molecule has 1 aromatic rings. The van der Waals surface area contributed by atoms with Gasteiger partial charge in [0, 0.05) is 0 Å². The Hall–Kier alpha value is -1.76. The Morgan fingerprint density at radius 3 is 3.09 bits per heavy atom. The zero-order valence-electron chi connectivity index (χ0n) is 5.94. The van der Waals surface area contributed by atoms with Crippen molar-refractivity contribution in [2.75, 3.05) is 7.11 Å². The molecule has 0 bridgehead atoms. The fraction of sp³-hybridized carbons (Fsp3) is 0.143. The average Bonchev–Trinajstić information content (AvgIpc) is 2.52. The van der Waals surface area contributed by atoms with E-state index in [2.05, 4.69) is 4.99 Å². The molecule has 1 aromatic heterocycles. The molecule has 56 valence electrons. The molecule has 0 saturated heterocycles. The van der Waals surface area contributed by atoms with E-state index in [-0.39, 0.29) is 5.90 Å². The van der Waals surface area contributed by atoms with Crippen LogP contribution in [0.3, 0.4) is 0 Å². The summed E-state index contributed by atoms with van der Waals surface area (Å²) in [6.45, 7) is 0. The molecule has 0 atom stereocenters. The van der Waals surface area contributed by atoms with E-state index < -0.39 is 0 Å². The summed E-state index contributed by atoms with van der Waals surface area (Å²) < 4.78 is 9.70. The van der Waals surface area contributed by atoms with E-state index in [9.17, 15) is 0 Å². The molecular weight excluding hydrogens is 144 g/mol. The number of furan rings is 1. The molecule has 0 fully saturated rings. The summed E-state index contributed by atoms with van der Waals surface area (Å²) >= 11 is 0. The molecule has 4 nitrogen and oxygen atoms in total. The third kappa shape index (κ3) is 1.58. The Bertz CT molecular complexity index is 282. The first kappa shape index (κ1) is 7.35. The average molecular weight is 150 g/mol. The van der Waals surface area contributed by atoms with Gasteiger partial charge in [0.15, 0.2) is 5.76 Å². The molecule has 4 heteroatoms. The standard InChI is InChI=1S/C7H6N2O2/c1-10-7(9-5-8)6-3-2-4-11-6/h2-4H,1H3. The summed E-state index contributed by atoms with van der Waals surface area (Å²) in [6.07, 6.45) is 3.10. The van der Waals surface area contributed by atoms with E-state index in [1.807, 2.05) is 0 Å². The molecule has 1 rings (SSSR count). The maximum atomic E-state index is 8.21. The minimum atomic E-state index is 0.192. The highest BCUT2D eigenvalue weighted by Crippen LogP contribution is 2.02. The second kappa shape index (κ2) is 3.42. The zero-order chi connectivity index (χ0) is 8.10. The number of hydrogen-bond acceptors (Lipinski definition) is 4. The lowest BCUT2D eigenvalue weighted by atomic mass is 10.4. The summed E-state index contributed by atoms with van der Waals surface area (Å²) in [4.78, 5) is 3.39. The van der Waals surface area contributed by atoms with Crippen molar-refractivity contribution in [1.29, 1.82) is 5.26 Å². The molecular formula is C7H6N2O2. The van der Waals surface area contributed by atoms with Crippen molar-refractivity contribution in [1.82, 2.24) is 0 Å². The Kier molecular flexibility index (Phi) is 2.28. The molecule has 0 radical (unpaired) electrons. The topological polar surface area (TPSA) is 58.5 Å². The van der Waals surface area contributed by atoms with Gasteiger partial charge in [0.2, 0.25) is 6.19 Å². The molecule has 0 N–H and O–H groups in total. The van der Waals surface area contributed by atoms with Crippen LogP contribution in [0.25, 0.3) is 0 Å². The predicted molar refractivity (Wildman–Crippen MR) is 37.9 cm³/mol. The summed E-state index contributed by atoms with van der Waals surface area (Å²) in [7, 11) is 1.43. The third-order valence-corrected chi connectivity index (χ3v) is 1.08. The van der Waals surface area contributed by atoms with Crippen LogP contribution in [0.15, 0.2) is 27.8 Å². The fourth-order valence-corrected chi connectivity index (χ4v) is 0.647. The first-order valence-corrected chi connectivity index (χ1v) is 2.93. The van der Waals surface area contributed by atoms with Crippen molar-refractivity contribution in [3.8, 4) is 6.19 Å². The number of aliphatic imine (C=N–C) groups is 1. The SMILES string of the molecule is COC(=NC#N)c1ccco1. The molecule has 0 aliphatic heterocycles. The lowest BCUT2D eigenvalue weighted by Gasteiger charge is -1.95. The van der Waals surface area contributed by atoms with E-state index in [0.29, 0.717) is 5.76 Å². The van der Waals surface area contributed by atoms with Crippen molar-refractivity contribution >= 4 is 5.90 Å². The van der Waals surface area contributed by atoms with Gasteiger partial charge < -0.3 is 9.15 Å². The van der Waals surface area contributed by atoms with Crippen molar-refractivity contribution in [3.05, 3.63) is 24.2 Å².